The summed E-state index contributed by atoms with van der Waals surface area (Å²) < 4.78 is 43.5. The first-order valence-corrected chi connectivity index (χ1v) is 12.3. The second kappa shape index (κ2) is 8.67. The topological polar surface area (TPSA) is 111 Å². The number of nitrogens with one attached hydrogen (secondary N) is 1. The molecule has 1 saturated heterocycles. The first-order chi connectivity index (χ1) is 18.1. The van der Waals surface area contributed by atoms with Crippen LogP contribution in [0, 0.1) is 11.2 Å². The first kappa shape index (κ1) is 24.1. The number of alkyl halides is 2. The van der Waals surface area contributed by atoms with Crippen LogP contribution in [0.25, 0.3) is 22.6 Å². The van der Waals surface area contributed by atoms with Gasteiger partial charge in [-0.3, -0.25) is 0 Å². The van der Waals surface area contributed by atoms with Gasteiger partial charge in [0.05, 0.1) is 5.69 Å². The Bertz CT molecular complexity index is 1490. The fraction of sp³-hybridized carbons (Fsp3) is 0.346. The van der Waals surface area contributed by atoms with Crippen LogP contribution in [0.5, 0.6) is 0 Å². The Balaban J connectivity index is 1.16. The van der Waals surface area contributed by atoms with E-state index < -0.39 is 11.7 Å². The molecule has 0 unspecified atom stereocenters. The Labute approximate surface area is 217 Å². The molecule has 2 fully saturated rings. The standard InChI is InChI=1S/C26H26F3N9/c1-15-10-25(12-26(28,29)13-25)14-38(15)21-6-3-16(11-32-21)22-35-24(37(2)36-22)33-17-4-5-18(19(27)9-17)20-7-8-31-23(30)34-20/h3-9,11,15H,10,12-14H2,1-2H3,(H2,30,31,34)(H,33,35,36)/t15-/m1/s1. The molecule has 4 aromatic rings. The van der Waals surface area contributed by atoms with Crippen LogP contribution in [-0.2, 0) is 7.05 Å². The Morgan fingerprint density at radius 3 is 2.58 bits per heavy atom. The molecule has 1 atom stereocenters. The van der Waals surface area contributed by atoms with Gasteiger partial charge in [0.25, 0.3) is 0 Å². The number of rotatable bonds is 5. The summed E-state index contributed by atoms with van der Waals surface area (Å²) in [6.45, 7) is 2.64. The maximum absolute atomic E-state index is 14.8. The third-order valence-corrected chi connectivity index (χ3v) is 7.27. The summed E-state index contributed by atoms with van der Waals surface area (Å²) in [7, 11) is 1.73. The van der Waals surface area contributed by atoms with Gasteiger partial charge in [0.15, 0.2) is 5.82 Å². The SMILES string of the molecule is C[C@@H]1CC2(CN1c1ccc(-c3nc(Nc4ccc(-c5ccnc(N)n5)c(F)c4)n(C)n3)cn1)CC(F)(F)C2. The minimum Gasteiger partial charge on any atom is -0.368 e. The smallest absolute Gasteiger partial charge is 0.249 e. The number of hydrogen-bond donors (Lipinski definition) is 2. The van der Waals surface area contributed by atoms with Crippen molar-refractivity contribution in [2.45, 2.75) is 38.2 Å². The molecule has 9 nitrogen and oxygen atoms in total. The molecule has 1 aromatic carbocycles. The Morgan fingerprint density at radius 2 is 1.89 bits per heavy atom. The zero-order chi connectivity index (χ0) is 26.7. The summed E-state index contributed by atoms with van der Waals surface area (Å²) >= 11 is 0. The van der Waals surface area contributed by atoms with Crippen LogP contribution in [-0.4, -0.2) is 48.2 Å². The van der Waals surface area contributed by atoms with Gasteiger partial charge in [0.1, 0.15) is 11.6 Å². The zero-order valence-electron chi connectivity index (χ0n) is 20.9. The van der Waals surface area contributed by atoms with Gasteiger partial charge in [-0.15, -0.1) is 5.10 Å². The van der Waals surface area contributed by atoms with Crippen molar-refractivity contribution in [2.75, 3.05) is 22.5 Å². The Kier molecular flexibility index (Phi) is 5.51. The molecule has 12 heteroatoms. The molecule has 4 heterocycles. The molecule has 0 bridgehead atoms. The average Bonchev–Trinajstić information content (AvgIpc) is 3.38. The number of anilines is 4. The molecule has 1 spiro atoms. The number of hydrogen-bond acceptors (Lipinski definition) is 8. The van der Waals surface area contributed by atoms with Crippen LogP contribution in [0.2, 0.25) is 0 Å². The molecule has 1 aliphatic heterocycles. The van der Waals surface area contributed by atoms with Crippen molar-refractivity contribution in [1.29, 1.82) is 0 Å². The van der Waals surface area contributed by atoms with E-state index in [9.17, 15) is 13.2 Å². The lowest BCUT2D eigenvalue weighted by atomic mass is 9.65. The summed E-state index contributed by atoms with van der Waals surface area (Å²) in [6.07, 6.45) is 3.81. The molecule has 3 aromatic heterocycles. The Morgan fingerprint density at radius 1 is 1.08 bits per heavy atom. The van der Waals surface area contributed by atoms with Gasteiger partial charge in [-0.05, 0) is 49.7 Å². The highest BCUT2D eigenvalue weighted by Gasteiger charge is 2.60. The van der Waals surface area contributed by atoms with E-state index in [1.807, 2.05) is 12.1 Å². The van der Waals surface area contributed by atoms with E-state index in [-0.39, 0.29) is 30.2 Å². The molecule has 6 rings (SSSR count). The molecule has 0 amide bonds. The Hall–Kier alpha value is -4.22. The molecular weight excluding hydrogens is 495 g/mol. The van der Waals surface area contributed by atoms with E-state index >= 15 is 0 Å². The molecule has 2 aliphatic rings. The summed E-state index contributed by atoms with van der Waals surface area (Å²) in [5.74, 6) is -1.32. The maximum Gasteiger partial charge on any atom is 0.249 e. The highest BCUT2D eigenvalue weighted by atomic mass is 19.3. The van der Waals surface area contributed by atoms with Gasteiger partial charge >= 0.3 is 0 Å². The number of nitrogens with two attached hydrogens (primary N) is 1. The van der Waals surface area contributed by atoms with Gasteiger partial charge in [-0.25, -0.2) is 32.8 Å². The number of aryl methyl sites for hydroxylation is 1. The molecule has 38 heavy (non-hydrogen) atoms. The van der Waals surface area contributed by atoms with Gasteiger partial charge < -0.3 is 16.0 Å². The monoisotopic (exact) mass is 521 g/mol. The molecule has 1 aliphatic carbocycles. The van der Waals surface area contributed by atoms with E-state index in [2.05, 4.69) is 42.2 Å². The van der Waals surface area contributed by atoms with Gasteiger partial charge in [0.2, 0.25) is 17.8 Å². The number of nitrogens with zero attached hydrogens (tertiary/aromatic N) is 7. The van der Waals surface area contributed by atoms with E-state index in [4.69, 9.17) is 5.73 Å². The fourth-order valence-electron chi connectivity index (χ4n) is 5.68. The van der Waals surface area contributed by atoms with Gasteiger partial charge in [-0.1, -0.05) is 0 Å². The van der Waals surface area contributed by atoms with E-state index in [1.54, 1.807) is 36.1 Å². The lowest BCUT2D eigenvalue weighted by Crippen LogP contribution is -2.47. The second-order valence-electron chi connectivity index (χ2n) is 10.3. The molecule has 1 saturated carbocycles. The van der Waals surface area contributed by atoms with E-state index in [0.717, 1.165) is 12.2 Å². The zero-order valence-corrected chi connectivity index (χ0v) is 20.9. The average molecular weight is 522 g/mol. The van der Waals surface area contributed by atoms with Gasteiger partial charge in [0, 0.05) is 67.1 Å². The predicted octanol–water partition coefficient (Wildman–Crippen LogP) is 4.81. The van der Waals surface area contributed by atoms with E-state index in [0.29, 0.717) is 40.8 Å². The van der Waals surface area contributed by atoms with E-state index in [1.165, 1.54) is 12.3 Å². The fourth-order valence-corrected chi connectivity index (χ4v) is 5.68. The van der Waals surface area contributed by atoms with Crippen molar-refractivity contribution >= 4 is 23.4 Å². The van der Waals surface area contributed by atoms with Crippen molar-refractivity contribution in [1.82, 2.24) is 29.7 Å². The van der Waals surface area contributed by atoms with Crippen LogP contribution in [0.3, 0.4) is 0 Å². The number of benzene rings is 1. The molecular formula is C26H26F3N9. The highest BCUT2D eigenvalue weighted by Crippen LogP contribution is 2.58. The first-order valence-electron chi connectivity index (χ1n) is 12.3. The van der Waals surface area contributed by atoms with Crippen molar-refractivity contribution in [3.63, 3.8) is 0 Å². The molecule has 3 N–H and O–H groups in total. The number of nitrogen functional groups attached to an aromatic ring is 1. The van der Waals surface area contributed by atoms with Crippen molar-refractivity contribution < 1.29 is 13.2 Å². The lowest BCUT2D eigenvalue weighted by molar-refractivity contribution is -0.152. The summed E-state index contributed by atoms with van der Waals surface area (Å²) in [5.41, 5.74) is 7.19. The second-order valence-corrected chi connectivity index (χ2v) is 10.3. The number of halogens is 3. The predicted molar refractivity (Wildman–Crippen MR) is 137 cm³/mol. The summed E-state index contributed by atoms with van der Waals surface area (Å²) in [6, 6.07) is 10.1. The lowest BCUT2D eigenvalue weighted by Gasteiger charge is -2.44. The minimum absolute atomic E-state index is 0.0472. The number of aromatic nitrogens is 6. The highest BCUT2D eigenvalue weighted by molar-refractivity contribution is 5.66. The van der Waals surface area contributed by atoms with Crippen LogP contribution in [0.1, 0.15) is 26.2 Å². The third kappa shape index (κ3) is 4.39. The van der Waals surface area contributed by atoms with Gasteiger partial charge in [-0.2, -0.15) is 4.98 Å². The van der Waals surface area contributed by atoms with Crippen LogP contribution >= 0.6 is 0 Å². The summed E-state index contributed by atoms with van der Waals surface area (Å²) in [5, 5.41) is 7.55. The number of pyridine rings is 1. The maximum atomic E-state index is 14.8. The van der Waals surface area contributed by atoms with Crippen molar-refractivity contribution in [3.05, 3.63) is 54.6 Å². The van der Waals surface area contributed by atoms with Crippen molar-refractivity contribution in [3.8, 4) is 22.6 Å². The minimum atomic E-state index is -2.54. The molecule has 0 radical (unpaired) electrons. The summed E-state index contributed by atoms with van der Waals surface area (Å²) in [4.78, 5) is 19.1. The third-order valence-electron chi connectivity index (χ3n) is 7.27. The quantitative estimate of drug-likeness (QED) is 0.385. The largest absolute Gasteiger partial charge is 0.368 e. The molecule has 196 valence electrons. The van der Waals surface area contributed by atoms with Crippen LogP contribution in [0.4, 0.5) is 36.6 Å². The van der Waals surface area contributed by atoms with Crippen molar-refractivity contribution in [2.24, 2.45) is 12.5 Å². The van der Waals surface area contributed by atoms with Crippen LogP contribution in [0.15, 0.2) is 48.8 Å². The van der Waals surface area contributed by atoms with Crippen LogP contribution < -0.4 is 16.0 Å². The normalized spacial score (nSPS) is 19.5.